The van der Waals surface area contributed by atoms with E-state index in [2.05, 4.69) is 13.8 Å². The first-order chi connectivity index (χ1) is 8.70. The fraction of sp³-hybridized carbons (Fsp3) is 0.938. The van der Waals surface area contributed by atoms with Crippen molar-refractivity contribution < 1.29 is 9.53 Å². The van der Waals surface area contributed by atoms with Crippen LogP contribution in [-0.4, -0.2) is 12.1 Å². The molecule has 0 aromatic heterocycles. The third-order valence-corrected chi connectivity index (χ3v) is 3.34. The summed E-state index contributed by atoms with van der Waals surface area (Å²) in [6.07, 6.45) is 13.8. The third-order valence-electron chi connectivity index (χ3n) is 3.34. The highest BCUT2D eigenvalue weighted by Crippen LogP contribution is 2.15. The quantitative estimate of drug-likeness (QED) is 0.352. The number of carbonyl (C=O) groups excluding carboxylic acids is 1. The number of carbonyl (C=O) groups is 1. The lowest BCUT2D eigenvalue weighted by atomic mass is 10.0. The average molecular weight is 256 g/mol. The molecule has 0 N–H and O–H groups in total. The molecule has 0 bridgehead atoms. The Hall–Kier alpha value is -0.530. The predicted octanol–water partition coefficient (Wildman–Crippen LogP) is 5.25. The molecule has 2 nitrogen and oxygen atoms in total. The van der Waals surface area contributed by atoms with Gasteiger partial charge < -0.3 is 4.74 Å². The van der Waals surface area contributed by atoms with Crippen LogP contribution in [0.1, 0.15) is 91.4 Å². The van der Waals surface area contributed by atoms with E-state index in [9.17, 15) is 4.79 Å². The lowest BCUT2D eigenvalue weighted by Gasteiger charge is -2.16. The fourth-order valence-electron chi connectivity index (χ4n) is 2.26. The molecule has 0 rings (SSSR count). The van der Waals surface area contributed by atoms with Crippen LogP contribution < -0.4 is 0 Å². The average Bonchev–Trinajstić information content (AvgIpc) is 2.34. The van der Waals surface area contributed by atoms with Crippen LogP contribution in [0.3, 0.4) is 0 Å². The Morgan fingerprint density at radius 1 is 0.833 bits per heavy atom. The lowest BCUT2D eigenvalue weighted by Crippen LogP contribution is -2.16. The standard InChI is InChI=1S/C16H32O2/c1-4-6-8-9-10-11-12-14-16(13-7-5-2)18-15(3)17/h16H,4-14H2,1-3H3. The maximum Gasteiger partial charge on any atom is 0.302 e. The molecule has 1 unspecified atom stereocenters. The van der Waals surface area contributed by atoms with Gasteiger partial charge >= 0.3 is 5.97 Å². The predicted molar refractivity (Wildman–Crippen MR) is 77.7 cm³/mol. The zero-order valence-corrected chi connectivity index (χ0v) is 12.7. The molecule has 1 atom stereocenters. The first-order valence-electron chi connectivity index (χ1n) is 7.87. The van der Waals surface area contributed by atoms with Crippen LogP contribution >= 0.6 is 0 Å². The number of esters is 1. The van der Waals surface area contributed by atoms with Gasteiger partial charge in [-0.1, -0.05) is 65.2 Å². The normalized spacial score (nSPS) is 12.4. The van der Waals surface area contributed by atoms with Gasteiger partial charge in [-0.3, -0.25) is 4.79 Å². The molecule has 2 heteroatoms. The summed E-state index contributed by atoms with van der Waals surface area (Å²) in [6, 6.07) is 0. The zero-order chi connectivity index (χ0) is 13.6. The van der Waals surface area contributed by atoms with Gasteiger partial charge in [0, 0.05) is 6.92 Å². The molecule has 0 fully saturated rings. The maximum atomic E-state index is 11.0. The Bertz CT molecular complexity index is 190. The van der Waals surface area contributed by atoms with Crippen molar-refractivity contribution in [3.8, 4) is 0 Å². The van der Waals surface area contributed by atoms with Gasteiger partial charge in [0.05, 0.1) is 0 Å². The van der Waals surface area contributed by atoms with Crippen LogP contribution in [0.25, 0.3) is 0 Å². The van der Waals surface area contributed by atoms with Gasteiger partial charge in [-0.15, -0.1) is 0 Å². The van der Waals surface area contributed by atoms with Crippen molar-refractivity contribution in [2.75, 3.05) is 0 Å². The van der Waals surface area contributed by atoms with Crippen LogP contribution in [-0.2, 0) is 9.53 Å². The topological polar surface area (TPSA) is 26.3 Å². The molecule has 0 saturated heterocycles. The molecule has 0 heterocycles. The van der Waals surface area contributed by atoms with Gasteiger partial charge in [0.25, 0.3) is 0 Å². The van der Waals surface area contributed by atoms with E-state index in [0.717, 1.165) is 19.3 Å². The van der Waals surface area contributed by atoms with E-state index in [4.69, 9.17) is 4.74 Å². The van der Waals surface area contributed by atoms with Gasteiger partial charge in [0.1, 0.15) is 6.10 Å². The lowest BCUT2D eigenvalue weighted by molar-refractivity contribution is -0.147. The van der Waals surface area contributed by atoms with Crippen molar-refractivity contribution in [3.63, 3.8) is 0 Å². The summed E-state index contributed by atoms with van der Waals surface area (Å²) in [5.41, 5.74) is 0. The Kier molecular flexibility index (Phi) is 12.5. The van der Waals surface area contributed by atoms with Crippen LogP contribution in [0.4, 0.5) is 0 Å². The van der Waals surface area contributed by atoms with Crippen molar-refractivity contribution in [3.05, 3.63) is 0 Å². The molecule has 18 heavy (non-hydrogen) atoms. The Labute approximate surface area is 113 Å². The van der Waals surface area contributed by atoms with Crippen LogP contribution in [0.5, 0.6) is 0 Å². The van der Waals surface area contributed by atoms with Crippen LogP contribution in [0.15, 0.2) is 0 Å². The highest BCUT2D eigenvalue weighted by atomic mass is 16.5. The number of unbranched alkanes of at least 4 members (excludes halogenated alkanes) is 7. The van der Waals surface area contributed by atoms with Crippen molar-refractivity contribution in [1.29, 1.82) is 0 Å². The minimum absolute atomic E-state index is 0.126. The molecule has 0 aromatic rings. The molecule has 0 aliphatic rings. The minimum atomic E-state index is -0.126. The second kappa shape index (κ2) is 12.9. The summed E-state index contributed by atoms with van der Waals surface area (Å²) < 4.78 is 5.36. The summed E-state index contributed by atoms with van der Waals surface area (Å²) in [5.74, 6) is -0.126. The molecular formula is C16H32O2. The van der Waals surface area contributed by atoms with Gasteiger partial charge in [0.2, 0.25) is 0 Å². The van der Waals surface area contributed by atoms with Crippen LogP contribution in [0.2, 0.25) is 0 Å². The molecule has 108 valence electrons. The van der Waals surface area contributed by atoms with E-state index in [1.807, 2.05) is 0 Å². The number of ether oxygens (including phenoxy) is 1. The maximum absolute atomic E-state index is 11.0. The number of hydrogen-bond donors (Lipinski definition) is 0. The smallest absolute Gasteiger partial charge is 0.302 e. The van der Waals surface area contributed by atoms with Crippen LogP contribution in [0, 0.1) is 0 Å². The second-order valence-electron chi connectivity index (χ2n) is 5.28. The van der Waals surface area contributed by atoms with E-state index in [-0.39, 0.29) is 12.1 Å². The number of rotatable bonds is 12. The van der Waals surface area contributed by atoms with Crippen molar-refractivity contribution >= 4 is 5.97 Å². The van der Waals surface area contributed by atoms with Crippen molar-refractivity contribution in [2.24, 2.45) is 0 Å². The summed E-state index contributed by atoms with van der Waals surface area (Å²) >= 11 is 0. The summed E-state index contributed by atoms with van der Waals surface area (Å²) in [4.78, 5) is 11.0. The molecule has 0 aliphatic heterocycles. The zero-order valence-electron chi connectivity index (χ0n) is 12.7. The minimum Gasteiger partial charge on any atom is -0.463 e. The molecule has 0 radical (unpaired) electrons. The molecule has 0 saturated carbocycles. The fourth-order valence-corrected chi connectivity index (χ4v) is 2.26. The van der Waals surface area contributed by atoms with E-state index < -0.39 is 0 Å². The van der Waals surface area contributed by atoms with Crippen molar-refractivity contribution in [2.45, 2.75) is 97.5 Å². The number of hydrogen-bond acceptors (Lipinski definition) is 2. The molecule has 0 aliphatic carbocycles. The van der Waals surface area contributed by atoms with Gasteiger partial charge in [-0.05, 0) is 19.3 Å². The van der Waals surface area contributed by atoms with E-state index in [1.54, 1.807) is 0 Å². The Morgan fingerprint density at radius 2 is 1.33 bits per heavy atom. The Morgan fingerprint density at radius 3 is 1.89 bits per heavy atom. The Balaban J connectivity index is 3.52. The molecular weight excluding hydrogens is 224 g/mol. The van der Waals surface area contributed by atoms with Crippen molar-refractivity contribution in [1.82, 2.24) is 0 Å². The van der Waals surface area contributed by atoms with E-state index in [0.29, 0.717) is 0 Å². The summed E-state index contributed by atoms with van der Waals surface area (Å²) in [7, 11) is 0. The third kappa shape index (κ3) is 11.9. The van der Waals surface area contributed by atoms with Gasteiger partial charge in [-0.2, -0.15) is 0 Å². The summed E-state index contributed by atoms with van der Waals surface area (Å²) in [6.45, 7) is 5.94. The van der Waals surface area contributed by atoms with Gasteiger partial charge in [0.15, 0.2) is 0 Å². The highest BCUT2D eigenvalue weighted by Gasteiger charge is 2.10. The summed E-state index contributed by atoms with van der Waals surface area (Å²) in [5, 5.41) is 0. The highest BCUT2D eigenvalue weighted by molar-refractivity contribution is 5.66. The molecule has 0 amide bonds. The second-order valence-corrected chi connectivity index (χ2v) is 5.28. The largest absolute Gasteiger partial charge is 0.463 e. The molecule has 0 spiro atoms. The molecule has 0 aromatic carbocycles. The van der Waals surface area contributed by atoms with E-state index in [1.165, 1.54) is 58.3 Å². The van der Waals surface area contributed by atoms with Gasteiger partial charge in [-0.25, -0.2) is 0 Å². The first kappa shape index (κ1) is 17.5. The monoisotopic (exact) mass is 256 g/mol. The van der Waals surface area contributed by atoms with E-state index >= 15 is 0 Å². The first-order valence-corrected chi connectivity index (χ1v) is 7.87. The SMILES string of the molecule is CCCCCCCCCC(CCCC)OC(C)=O.